The minimum Gasteiger partial charge on any atom is -0.355 e. The van der Waals surface area contributed by atoms with E-state index in [1.807, 2.05) is 6.07 Å². The van der Waals surface area contributed by atoms with Crippen molar-refractivity contribution in [2.75, 3.05) is 10.6 Å². The highest BCUT2D eigenvalue weighted by Crippen LogP contribution is 2.29. The Morgan fingerprint density at radius 3 is 2.82 bits per heavy atom. The number of amides is 2. The Kier molecular flexibility index (Phi) is 4.79. The van der Waals surface area contributed by atoms with E-state index in [0.29, 0.717) is 22.9 Å². The predicted molar refractivity (Wildman–Crippen MR) is 106 cm³/mol. The Morgan fingerprint density at radius 1 is 1.25 bits per heavy atom. The number of nitrogens with one attached hydrogen (secondary N) is 2. The number of carbonyl (C=O) groups is 2. The Labute approximate surface area is 165 Å². The maximum absolute atomic E-state index is 13.4. The smallest absolute Gasteiger partial charge is 0.255 e. The summed E-state index contributed by atoms with van der Waals surface area (Å²) in [6.07, 6.45) is 1.61. The van der Waals surface area contributed by atoms with Gasteiger partial charge in [0.25, 0.3) is 5.91 Å². The number of aromatic nitrogens is 1. The molecule has 0 saturated heterocycles. The van der Waals surface area contributed by atoms with E-state index in [9.17, 15) is 14.0 Å². The molecule has 1 aromatic heterocycles. The van der Waals surface area contributed by atoms with Crippen LogP contribution in [0.5, 0.6) is 0 Å². The van der Waals surface area contributed by atoms with Gasteiger partial charge in [-0.2, -0.15) is 0 Å². The van der Waals surface area contributed by atoms with Gasteiger partial charge in [-0.25, -0.2) is 9.37 Å². The fraction of sp³-hybridized carbons (Fsp3) is 0.150. The third-order valence-electron chi connectivity index (χ3n) is 4.56. The van der Waals surface area contributed by atoms with Gasteiger partial charge in [0, 0.05) is 35.1 Å². The zero-order valence-corrected chi connectivity index (χ0v) is 15.8. The van der Waals surface area contributed by atoms with Crippen molar-refractivity contribution in [2.24, 2.45) is 0 Å². The van der Waals surface area contributed by atoms with Crippen molar-refractivity contribution < 1.29 is 14.0 Å². The van der Waals surface area contributed by atoms with Gasteiger partial charge in [0.05, 0.1) is 0 Å². The van der Waals surface area contributed by atoms with Gasteiger partial charge in [-0.3, -0.25) is 9.59 Å². The van der Waals surface area contributed by atoms with E-state index in [1.165, 1.54) is 28.4 Å². The molecule has 2 aromatic carbocycles. The molecule has 0 bridgehead atoms. The summed E-state index contributed by atoms with van der Waals surface area (Å²) in [4.78, 5) is 30.7. The number of anilines is 3. The normalized spacial score (nSPS) is 13.9. The van der Waals surface area contributed by atoms with Crippen LogP contribution in [0, 0.1) is 5.82 Å². The highest BCUT2D eigenvalue weighted by Gasteiger charge is 2.34. The first-order chi connectivity index (χ1) is 13.5. The van der Waals surface area contributed by atoms with Crippen molar-refractivity contribution in [3.8, 4) is 0 Å². The van der Waals surface area contributed by atoms with Crippen molar-refractivity contribution in [2.45, 2.75) is 19.5 Å². The Balaban J connectivity index is 1.49. The third-order valence-corrected chi connectivity index (χ3v) is 5.25. The number of fused-ring (bicyclic) bond motifs is 1. The quantitative estimate of drug-likeness (QED) is 0.683. The molecule has 0 saturated carbocycles. The first-order valence-corrected chi connectivity index (χ1v) is 9.56. The van der Waals surface area contributed by atoms with Gasteiger partial charge >= 0.3 is 0 Å². The average molecular weight is 396 g/mol. The van der Waals surface area contributed by atoms with Crippen molar-refractivity contribution >= 4 is 39.7 Å². The summed E-state index contributed by atoms with van der Waals surface area (Å²) in [7, 11) is 0. The second kappa shape index (κ2) is 7.40. The van der Waals surface area contributed by atoms with E-state index in [4.69, 9.17) is 0 Å². The fourth-order valence-electron chi connectivity index (χ4n) is 3.10. The highest BCUT2D eigenvalue weighted by atomic mass is 32.1. The summed E-state index contributed by atoms with van der Waals surface area (Å²) in [6.45, 7) is 2.03. The average Bonchev–Trinajstić information content (AvgIpc) is 3.29. The zero-order chi connectivity index (χ0) is 19.7. The lowest BCUT2D eigenvalue weighted by Crippen LogP contribution is -2.42. The molecule has 1 atom stereocenters. The largest absolute Gasteiger partial charge is 0.355 e. The van der Waals surface area contributed by atoms with Crippen LogP contribution in [-0.2, 0) is 11.3 Å². The first kappa shape index (κ1) is 18.1. The number of carbonyl (C=O) groups excluding carboxylic acids is 2. The Hall–Kier alpha value is -3.26. The molecule has 0 radical (unpaired) electrons. The van der Waals surface area contributed by atoms with Crippen LogP contribution in [-0.4, -0.2) is 27.7 Å². The van der Waals surface area contributed by atoms with E-state index < -0.39 is 6.04 Å². The van der Waals surface area contributed by atoms with Crippen LogP contribution in [0.1, 0.15) is 22.8 Å². The van der Waals surface area contributed by atoms with E-state index in [2.05, 4.69) is 15.6 Å². The van der Waals surface area contributed by atoms with Crippen molar-refractivity contribution in [3.63, 3.8) is 0 Å². The van der Waals surface area contributed by atoms with Crippen LogP contribution in [0.3, 0.4) is 0 Å². The lowest BCUT2D eigenvalue weighted by atomic mass is 10.1. The van der Waals surface area contributed by atoms with Gasteiger partial charge in [0.1, 0.15) is 11.9 Å². The molecule has 2 amide bonds. The van der Waals surface area contributed by atoms with Crippen LogP contribution in [0.15, 0.2) is 54.0 Å². The molecule has 0 spiro atoms. The van der Waals surface area contributed by atoms with Crippen LogP contribution in [0.25, 0.3) is 0 Å². The van der Waals surface area contributed by atoms with Crippen LogP contribution in [0.2, 0.25) is 0 Å². The van der Waals surface area contributed by atoms with Crippen molar-refractivity contribution in [1.29, 1.82) is 0 Å². The van der Waals surface area contributed by atoms with Gasteiger partial charge < -0.3 is 15.5 Å². The Morgan fingerprint density at radius 2 is 2.07 bits per heavy atom. The number of hydrogen-bond acceptors (Lipinski definition) is 5. The standard InChI is InChI=1S/C20H17FN4O2S/c1-12(18(26)24-20-22-7-8-28-20)25-11-13-9-16(5-6-17(13)19(25)27)23-15-4-2-3-14(21)10-15/h2-10,12,23H,11H2,1H3,(H,22,24,26)/t12-/m1/s1. The monoisotopic (exact) mass is 396 g/mol. The van der Waals surface area contributed by atoms with Gasteiger partial charge in [0.2, 0.25) is 5.91 Å². The zero-order valence-electron chi connectivity index (χ0n) is 15.0. The van der Waals surface area contributed by atoms with E-state index in [1.54, 1.807) is 42.8 Å². The molecule has 142 valence electrons. The van der Waals surface area contributed by atoms with Crippen LogP contribution in [0.4, 0.5) is 20.9 Å². The second-order valence-electron chi connectivity index (χ2n) is 6.44. The lowest BCUT2D eigenvalue weighted by Gasteiger charge is -2.22. The maximum atomic E-state index is 13.4. The van der Waals surface area contributed by atoms with E-state index in [0.717, 1.165) is 11.3 Å². The summed E-state index contributed by atoms with van der Waals surface area (Å²) in [5.74, 6) is -0.795. The molecular weight excluding hydrogens is 379 g/mol. The van der Waals surface area contributed by atoms with Crippen molar-refractivity contribution in [3.05, 3.63) is 71.0 Å². The number of rotatable bonds is 5. The number of nitrogens with zero attached hydrogens (tertiary/aromatic N) is 2. The number of benzene rings is 2. The molecular formula is C20H17FN4O2S. The fourth-order valence-corrected chi connectivity index (χ4v) is 3.64. The summed E-state index contributed by atoms with van der Waals surface area (Å²) in [6, 6.07) is 10.9. The first-order valence-electron chi connectivity index (χ1n) is 8.68. The molecule has 2 N–H and O–H groups in total. The molecule has 0 aliphatic carbocycles. The molecule has 8 heteroatoms. The number of halogens is 1. The minimum absolute atomic E-state index is 0.186. The van der Waals surface area contributed by atoms with Crippen LogP contribution >= 0.6 is 11.3 Å². The molecule has 1 aliphatic rings. The lowest BCUT2D eigenvalue weighted by molar-refractivity contribution is -0.120. The van der Waals surface area contributed by atoms with Gasteiger partial charge in [-0.05, 0) is 48.9 Å². The molecule has 4 rings (SSSR count). The second-order valence-corrected chi connectivity index (χ2v) is 7.34. The molecule has 6 nitrogen and oxygen atoms in total. The molecule has 28 heavy (non-hydrogen) atoms. The summed E-state index contributed by atoms with van der Waals surface area (Å²) < 4.78 is 13.4. The molecule has 0 unspecified atom stereocenters. The van der Waals surface area contributed by atoms with Gasteiger partial charge in [0.15, 0.2) is 5.13 Å². The third kappa shape index (κ3) is 3.59. The molecule has 2 heterocycles. The minimum atomic E-state index is -0.636. The van der Waals surface area contributed by atoms with E-state index >= 15 is 0 Å². The molecule has 0 fully saturated rings. The predicted octanol–water partition coefficient (Wildman–Crippen LogP) is 4.01. The van der Waals surface area contributed by atoms with Gasteiger partial charge in [-0.15, -0.1) is 11.3 Å². The summed E-state index contributed by atoms with van der Waals surface area (Å²) in [5.41, 5.74) is 2.76. The summed E-state index contributed by atoms with van der Waals surface area (Å²) >= 11 is 1.32. The van der Waals surface area contributed by atoms with Crippen LogP contribution < -0.4 is 10.6 Å². The summed E-state index contributed by atoms with van der Waals surface area (Å²) in [5, 5.41) is 8.12. The van der Waals surface area contributed by atoms with Gasteiger partial charge in [-0.1, -0.05) is 6.07 Å². The molecule has 1 aliphatic heterocycles. The number of hydrogen-bond donors (Lipinski definition) is 2. The SMILES string of the molecule is C[C@H](C(=O)Nc1nccs1)N1Cc2cc(Nc3cccc(F)c3)ccc2C1=O. The van der Waals surface area contributed by atoms with Crippen molar-refractivity contribution in [1.82, 2.24) is 9.88 Å². The Bertz CT molecular complexity index is 1040. The maximum Gasteiger partial charge on any atom is 0.255 e. The molecule has 3 aromatic rings. The highest BCUT2D eigenvalue weighted by molar-refractivity contribution is 7.13. The van der Waals surface area contributed by atoms with E-state index in [-0.39, 0.29) is 17.6 Å². The topological polar surface area (TPSA) is 74.3 Å². The number of thiazole rings is 1.